The van der Waals surface area contributed by atoms with Gasteiger partial charge in [-0.2, -0.15) is 0 Å². The molecule has 1 saturated heterocycles. The van der Waals surface area contributed by atoms with Crippen LogP contribution in [-0.4, -0.2) is 43.3 Å². The van der Waals surface area contributed by atoms with Gasteiger partial charge in [0.2, 0.25) is 0 Å². The summed E-state index contributed by atoms with van der Waals surface area (Å²) >= 11 is 0. The van der Waals surface area contributed by atoms with Crippen molar-refractivity contribution in [2.45, 2.75) is 50.8 Å². The fourth-order valence-corrected chi connectivity index (χ4v) is 3.86. The number of fused-ring (bicyclic) bond motifs is 1. The minimum absolute atomic E-state index is 0.469. The molecule has 21 heavy (non-hydrogen) atoms. The molecule has 1 aromatic rings. The van der Waals surface area contributed by atoms with Crippen molar-refractivity contribution < 1.29 is 4.74 Å². The summed E-state index contributed by atoms with van der Waals surface area (Å²) in [5, 5.41) is 3.63. The molecule has 1 aliphatic heterocycles. The summed E-state index contributed by atoms with van der Waals surface area (Å²) in [7, 11) is 0. The molecule has 2 aliphatic rings. The van der Waals surface area contributed by atoms with Crippen LogP contribution in [0.5, 0.6) is 0 Å². The molecule has 3 heteroatoms. The lowest BCUT2D eigenvalue weighted by molar-refractivity contribution is -0.0721. The Hall–Kier alpha value is -0.900. The Morgan fingerprint density at radius 3 is 2.95 bits per heavy atom. The fraction of sp³-hybridized carbons (Fsp3) is 0.667. The molecule has 0 radical (unpaired) electrons. The van der Waals surface area contributed by atoms with Crippen molar-refractivity contribution in [1.29, 1.82) is 0 Å². The van der Waals surface area contributed by atoms with Gasteiger partial charge in [0, 0.05) is 25.2 Å². The van der Waals surface area contributed by atoms with Gasteiger partial charge in [0.15, 0.2) is 0 Å². The Morgan fingerprint density at radius 1 is 1.29 bits per heavy atom. The Labute approximate surface area is 128 Å². The zero-order chi connectivity index (χ0) is 14.5. The summed E-state index contributed by atoms with van der Waals surface area (Å²) in [6.07, 6.45) is 5.51. The van der Waals surface area contributed by atoms with Crippen LogP contribution in [0.1, 0.15) is 44.2 Å². The smallest absolute Gasteiger partial charge is 0.0731 e. The molecule has 0 aromatic heterocycles. The van der Waals surface area contributed by atoms with Crippen molar-refractivity contribution in [3.05, 3.63) is 35.9 Å². The van der Waals surface area contributed by atoms with E-state index in [1.54, 1.807) is 0 Å². The van der Waals surface area contributed by atoms with Gasteiger partial charge in [0.1, 0.15) is 0 Å². The normalized spacial score (nSPS) is 27.5. The molecule has 3 atom stereocenters. The molecular weight excluding hydrogens is 260 g/mol. The van der Waals surface area contributed by atoms with Gasteiger partial charge in [-0.05, 0) is 37.8 Å². The summed E-state index contributed by atoms with van der Waals surface area (Å²) in [4.78, 5) is 2.71. The monoisotopic (exact) mass is 288 g/mol. The molecule has 0 amide bonds. The van der Waals surface area contributed by atoms with E-state index in [-0.39, 0.29) is 0 Å². The quantitative estimate of drug-likeness (QED) is 0.815. The van der Waals surface area contributed by atoms with Gasteiger partial charge in [-0.15, -0.1) is 0 Å². The maximum Gasteiger partial charge on any atom is 0.0731 e. The Kier molecular flexibility index (Phi) is 5.28. The first-order chi connectivity index (χ1) is 10.4. The Bertz CT molecular complexity index is 422. The average molecular weight is 288 g/mol. The topological polar surface area (TPSA) is 24.5 Å². The van der Waals surface area contributed by atoms with Crippen LogP contribution in [0.25, 0.3) is 0 Å². The van der Waals surface area contributed by atoms with Crippen molar-refractivity contribution in [3.8, 4) is 0 Å². The van der Waals surface area contributed by atoms with Gasteiger partial charge < -0.3 is 10.1 Å². The molecule has 3 rings (SSSR count). The van der Waals surface area contributed by atoms with Crippen LogP contribution in [0.15, 0.2) is 30.3 Å². The summed E-state index contributed by atoms with van der Waals surface area (Å²) in [5.41, 5.74) is 1.44. The molecule has 116 valence electrons. The van der Waals surface area contributed by atoms with Crippen LogP contribution < -0.4 is 5.32 Å². The molecule has 1 heterocycles. The molecule has 1 saturated carbocycles. The third kappa shape index (κ3) is 3.47. The molecule has 1 N–H and O–H groups in total. The van der Waals surface area contributed by atoms with Crippen LogP contribution in [0.3, 0.4) is 0 Å². The number of nitrogens with one attached hydrogen (secondary N) is 1. The second kappa shape index (κ2) is 7.39. The van der Waals surface area contributed by atoms with Gasteiger partial charge in [0.25, 0.3) is 0 Å². The maximum atomic E-state index is 5.98. The number of hydrogen-bond acceptors (Lipinski definition) is 3. The zero-order valence-corrected chi connectivity index (χ0v) is 13.1. The van der Waals surface area contributed by atoms with Gasteiger partial charge in [0.05, 0.1) is 12.7 Å². The number of ether oxygens (including phenoxy) is 1. The highest BCUT2D eigenvalue weighted by Crippen LogP contribution is 2.35. The highest BCUT2D eigenvalue weighted by Gasteiger charge is 2.39. The van der Waals surface area contributed by atoms with E-state index in [9.17, 15) is 0 Å². The van der Waals surface area contributed by atoms with E-state index in [4.69, 9.17) is 4.74 Å². The molecule has 3 nitrogen and oxygen atoms in total. The lowest BCUT2D eigenvalue weighted by Gasteiger charge is -2.43. The zero-order valence-electron chi connectivity index (χ0n) is 13.1. The standard InChI is InChI=1S/C18H28N2O/c1-2-11-19-14-17(15-7-4-3-5-8-15)20-12-13-21-18-10-6-9-16(18)20/h3-5,7-8,16-19H,2,6,9-14H2,1H3. The third-order valence-electron chi connectivity index (χ3n) is 4.87. The number of benzene rings is 1. The number of rotatable bonds is 6. The van der Waals surface area contributed by atoms with Gasteiger partial charge >= 0.3 is 0 Å². The van der Waals surface area contributed by atoms with Gasteiger partial charge in [-0.3, -0.25) is 4.90 Å². The number of nitrogens with zero attached hydrogens (tertiary/aromatic N) is 1. The first-order valence-electron chi connectivity index (χ1n) is 8.53. The second-order valence-corrected chi connectivity index (χ2v) is 6.28. The fourth-order valence-electron chi connectivity index (χ4n) is 3.86. The lowest BCUT2D eigenvalue weighted by Crippen LogP contribution is -2.51. The van der Waals surface area contributed by atoms with Crippen LogP contribution in [0, 0.1) is 0 Å². The highest BCUT2D eigenvalue weighted by atomic mass is 16.5. The van der Waals surface area contributed by atoms with Crippen molar-refractivity contribution in [2.75, 3.05) is 26.2 Å². The van der Waals surface area contributed by atoms with Crippen molar-refractivity contribution in [3.63, 3.8) is 0 Å². The molecule has 0 spiro atoms. The number of morpholine rings is 1. The predicted molar refractivity (Wildman–Crippen MR) is 86.4 cm³/mol. The van der Waals surface area contributed by atoms with Crippen molar-refractivity contribution in [1.82, 2.24) is 10.2 Å². The first-order valence-corrected chi connectivity index (χ1v) is 8.53. The summed E-state index contributed by atoms with van der Waals surface area (Å²) < 4.78 is 5.98. The van der Waals surface area contributed by atoms with E-state index < -0.39 is 0 Å². The predicted octanol–water partition coefficient (Wildman–Crippen LogP) is 2.98. The SMILES string of the molecule is CCCNCC(c1ccccc1)N1CCOC2CCCC21. The maximum absolute atomic E-state index is 5.98. The molecule has 1 aromatic carbocycles. The van der Waals surface area contributed by atoms with E-state index in [0.717, 1.165) is 26.2 Å². The molecular formula is C18H28N2O. The second-order valence-electron chi connectivity index (χ2n) is 6.28. The number of hydrogen-bond donors (Lipinski definition) is 1. The Morgan fingerprint density at radius 2 is 2.14 bits per heavy atom. The minimum atomic E-state index is 0.469. The van der Waals surface area contributed by atoms with Gasteiger partial charge in [-0.25, -0.2) is 0 Å². The highest BCUT2D eigenvalue weighted by molar-refractivity contribution is 5.20. The molecule has 2 fully saturated rings. The van der Waals surface area contributed by atoms with Gasteiger partial charge in [-0.1, -0.05) is 37.3 Å². The first kappa shape index (κ1) is 15.0. The Balaban J connectivity index is 1.77. The van der Waals surface area contributed by atoms with E-state index in [2.05, 4.69) is 47.5 Å². The van der Waals surface area contributed by atoms with E-state index in [0.29, 0.717) is 18.2 Å². The molecule has 1 aliphatic carbocycles. The van der Waals surface area contributed by atoms with Crippen molar-refractivity contribution in [2.24, 2.45) is 0 Å². The molecule has 0 bridgehead atoms. The van der Waals surface area contributed by atoms with Crippen LogP contribution in [-0.2, 0) is 4.74 Å². The van der Waals surface area contributed by atoms with Crippen LogP contribution in [0.2, 0.25) is 0 Å². The van der Waals surface area contributed by atoms with Crippen LogP contribution >= 0.6 is 0 Å². The minimum Gasteiger partial charge on any atom is -0.375 e. The van der Waals surface area contributed by atoms with E-state index in [1.807, 2.05) is 0 Å². The van der Waals surface area contributed by atoms with E-state index in [1.165, 1.54) is 31.2 Å². The lowest BCUT2D eigenvalue weighted by atomic mass is 10.0. The summed E-state index contributed by atoms with van der Waals surface area (Å²) in [6, 6.07) is 12.1. The van der Waals surface area contributed by atoms with Crippen molar-refractivity contribution >= 4 is 0 Å². The van der Waals surface area contributed by atoms with Crippen LogP contribution in [0.4, 0.5) is 0 Å². The average Bonchev–Trinajstić information content (AvgIpc) is 3.01. The largest absolute Gasteiger partial charge is 0.375 e. The third-order valence-corrected chi connectivity index (χ3v) is 4.87. The summed E-state index contributed by atoms with van der Waals surface area (Å²) in [5.74, 6) is 0. The summed E-state index contributed by atoms with van der Waals surface area (Å²) in [6.45, 7) is 6.32. The molecule has 3 unspecified atom stereocenters. The van der Waals surface area contributed by atoms with E-state index >= 15 is 0 Å².